The lowest BCUT2D eigenvalue weighted by molar-refractivity contribution is 0.0945. The lowest BCUT2D eigenvalue weighted by Crippen LogP contribution is -2.27. The molecule has 0 aliphatic heterocycles. The number of nitrogens with zero attached hydrogens (tertiary/aromatic N) is 3. The molecule has 0 aliphatic carbocycles. The standard InChI is InChI=1S/C17H22N4O/c1-4-21(5-2)16-11-15(19-13(3)20-16)17(22)18-12-14-9-7-6-8-10-14/h6-11H,4-5,12H2,1-3H3,(H,18,22). The summed E-state index contributed by atoms with van der Waals surface area (Å²) in [4.78, 5) is 23.1. The number of hydrogen-bond acceptors (Lipinski definition) is 4. The lowest BCUT2D eigenvalue weighted by Gasteiger charge is -2.20. The molecule has 0 fully saturated rings. The number of carbonyl (C=O) groups excluding carboxylic acids is 1. The minimum Gasteiger partial charge on any atom is -0.357 e. The Labute approximate surface area is 131 Å². The third-order valence-electron chi connectivity index (χ3n) is 3.44. The first-order chi connectivity index (χ1) is 10.6. The molecule has 2 rings (SSSR count). The van der Waals surface area contributed by atoms with Gasteiger partial charge in [-0.05, 0) is 26.3 Å². The summed E-state index contributed by atoms with van der Waals surface area (Å²) in [6.07, 6.45) is 0. The molecule has 5 heteroatoms. The highest BCUT2D eigenvalue weighted by molar-refractivity contribution is 5.92. The summed E-state index contributed by atoms with van der Waals surface area (Å²) in [6, 6.07) is 11.6. The summed E-state index contributed by atoms with van der Waals surface area (Å²) in [7, 11) is 0. The first-order valence-electron chi connectivity index (χ1n) is 7.56. The SMILES string of the molecule is CCN(CC)c1cc(C(=O)NCc2ccccc2)nc(C)n1. The predicted molar refractivity (Wildman–Crippen MR) is 87.9 cm³/mol. The van der Waals surface area contributed by atoms with Crippen molar-refractivity contribution in [1.29, 1.82) is 0 Å². The lowest BCUT2D eigenvalue weighted by atomic mass is 10.2. The minimum absolute atomic E-state index is 0.178. The summed E-state index contributed by atoms with van der Waals surface area (Å²) >= 11 is 0. The van der Waals surface area contributed by atoms with Crippen molar-refractivity contribution in [3.8, 4) is 0 Å². The van der Waals surface area contributed by atoms with Gasteiger partial charge in [0.15, 0.2) is 0 Å². The summed E-state index contributed by atoms with van der Waals surface area (Å²) < 4.78 is 0. The molecule has 1 aromatic heterocycles. The molecular formula is C17H22N4O. The van der Waals surface area contributed by atoms with Gasteiger partial charge in [0.2, 0.25) is 0 Å². The van der Waals surface area contributed by atoms with Crippen LogP contribution in [0.4, 0.5) is 5.82 Å². The molecule has 0 saturated heterocycles. The normalized spacial score (nSPS) is 10.3. The number of nitrogens with one attached hydrogen (secondary N) is 1. The van der Waals surface area contributed by atoms with Crippen molar-refractivity contribution in [2.24, 2.45) is 0 Å². The zero-order valence-corrected chi connectivity index (χ0v) is 13.3. The fourth-order valence-electron chi connectivity index (χ4n) is 2.25. The molecule has 0 spiro atoms. The van der Waals surface area contributed by atoms with Gasteiger partial charge in [0.25, 0.3) is 5.91 Å². The van der Waals surface area contributed by atoms with Crippen LogP contribution in [0.5, 0.6) is 0 Å². The molecule has 1 heterocycles. The molecule has 22 heavy (non-hydrogen) atoms. The van der Waals surface area contributed by atoms with Crippen LogP contribution in [0.2, 0.25) is 0 Å². The third kappa shape index (κ3) is 4.04. The fraction of sp³-hybridized carbons (Fsp3) is 0.353. The van der Waals surface area contributed by atoms with Crippen molar-refractivity contribution >= 4 is 11.7 Å². The number of amides is 1. The maximum Gasteiger partial charge on any atom is 0.270 e. The maximum absolute atomic E-state index is 12.3. The number of benzene rings is 1. The Morgan fingerprint density at radius 1 is 1.14 bits per heavy atom. The van der Waals surface area contributed by atoms with Gasteiger partial charge >= 0.3 is 0 Å². The van der Waals surface area contributed by atoms with E-state index in [0.717, 1.165) is 24.5 Å². The Hall–Kier alpha value is -2.43. The molecule has 5 nitrogen and oxygen atoms in total. The van der Waals surface area contributed by atoms with E-state index in [2.05, 4.69) is 34.0 Å². The van der Waals surface area contributed by atoms with Crippen LogP contribution in [-0.4, -0.2) is 29.0 Å². The summed E-state index contributed by atoms with van der Waals surface area (Å²) in [5, 5.41) is 2.90. The number of rotatable bonds is 6. The van der Waals surface area contributed by atoms with E-state index < -0.39 is 0 Å². The third-order valence-corrected chi connectivity index (χ3v) is 3.44. The number of aryl methyl sites for hydroxylation is 1. The molecule has 1 N–H and O–H groups in total. The first-order valence-corrected chi connectivity index (χ1v) is 7.56. The Balaban J connectivity index is 2.12. The van der Waals surface area contributed by atoms with Gasteiger partial charge in [0.05, 0.1) is 0 Å². The van der Waals surface area contributed by atoms with E-state index in [9.17, 15) is 4.79 Å². The molecule has 2 aromatic rings. The molecule has 0 bridgehead atoms. The van der Waals surface area contributed by atoms with Crippen molar-refractivity contribution in [3.05, 3.63) is 53.5 Å². The Morgan fingerprint density at radius 3 is 2.45 bits per heavy atom. The first kappa shape index (κ1) is 15.9. The van der Waals surface area contributed by atoms with Gasteiger partial charge in [0.1, 0.15) is 17.3 Å². The van der Waals surface area contributed by atoms with E-state index in [1.165, 1.54) is 0 Å². The van der Waals surface area contributed by atoms with Crippen LogP contribution < -0.4 is 10.2 Å². The maximum atomic E-state index is 12.3. The summed E-state index contributed by atoms with van der Waals surface area (Å²) in [5.74, 6) is 1.22. The highest BCUT2D eigenvalue weighted by Gasteiger charge is 2.12. The van der Waals surface area contributed by atoms with E-state index >= 15 is 0 Å². The van der Waals surface area contributed by atoms with E-state index in [4.69, 9.17) is 0 Å². The Kier molecular flexibility index (Phi) is 5.47. The predicted octanol–water partition coefficient (Wildman–Crippen LogP) is 2.56. The van der Waals surface area contributed by atoms with Gasteiger partial charge in [-0.3, -0.25) is 4.79 Å². The fourth-order valence-corrected chi connectivity index (χ4v) is 2.25. The second-order valence-electron chi connectivity index (χ2n) is 5.00. The van der Waals surface area contributed by atoms with E-state index in [-0.39, 0.29) is 5.91 Å². The number of carbonyl (C=O) groups is 1. The van der Waals surface area contributed by atoms with Gasteiger partial charge in [0, 0.05) is 25.7 Å². The topological polar surface area (TPSA) is 58.1 Å². The van der Waals surface area contributed by atoms with Crippen LogP contribution in [0.3, 0.4) is 0 Å². The molecule has 1 amide bonds. The van der Waals surface area contributed by atoms with Gasteiger partial charge in [-0.25, -0.2) is 9.97 Å². The van der Waals surface area contributed by atoms with E-state index in [0.29, 0.717) is 18.1 Å². The van der Waals surface area contributed by atoms with Crippen LogP contribution in [0, 0.1) is 6.92 Å². The van der Waals surface area contributed by atoms with Crippen molar-refractivity contribution in [3.63, 3.8) is 0 Å². The van der Waals surface area contributed by atoms with Crippen LogP contribution in [0.25, 0.3) is 0 Å². The van der Waals surface area contributed by atoms with Gasteiger partial charge in [-0.15, -0.1) is 0 Å². The molecule has 0 radical (unpaired) electrons. The molecular weight excluding hydrogens is 276 g/mol. The average Bonchev–Trinajstić information content (AvgIpc) is 2.54. The molecule has 116 valence electrons. The van der Waals surface area contributed by atoms with Crippen molar-refractivity contribution in [2.75, 3.05) is 18.0 Å². The molecule has 0 atom stereocenters. The molecule has 1 aromatic carbocycles. The molecule has 0 unspecified atom stereocenters. The van der Waals surface area contributed by atoms with Crippen LogP contribution in [-0.2, 0) is 6.54 Å². The largest absolute Gasteiger partial charge is 0.357 e. The summed E-state index contributed by atoms with van der Waals surface area (Å²) in [5.41, 5.74) is 1.47. The quantitative estimate of drug-likeness (QED) is 0.890. The monoisotopic (exact) mass is 298 g/mol. The second-order valence-corrected chi connectivity index (χ2v) is 5.00. The summed E-state index contributed by atoms with van der Waals surface area (Å²) in [6.45, 7) is 8.12. The van der Waals surface area contributed by atoms with Crippen molar-refractivity contribution < 1.29 is 4.79 Å². The average molecular weight is 298 g/mol. The Bertz CT molecular complexity index is 624. The van der Waals surface area contributed by atoms with Crippen LogP contribution >= 0.6 is 0 Å². The smallest absolute Gasteiger partial charge is 0.270 e. The zero-order valence-electron chi connectivity index (χ0n) is 13.3. The van der Waals surface area contributed by atoms with Crippen molar-refractivity contribution in [2.45, 2.75) is 27.3 Å². The molecule has 0 aliphatic rings. The Morgan fingerprint density at radius 2 is 1.82 bits per heavy atom. The minimum atomic E-state index is -0.178. The number of anilines is 1. The van der Waals surface area contributed by atoms with Crippen molar-refractivity contribution in [1.82, 2.24) is 15.3 Å². The van der Waals surface area contributed by atoms with Gasteiger partial charge in [-0.2, -0.15) is 0 Å². The van der Waals surface area contributed by atoms with E-state index in [1.807, 2.05) is 30.3 Å². The van der Waals surface area contributed by atoms with Gasteiger partial charge in [-0.1, -0.05) is 30.3 Å². The van der Waals surface area contributed by atoms with Crippen LogP contribution in [0.15, 0.2) is 36.4 Å². The number of hydrogen-bond donors (Lipinski definition) is 1. The number of aromatic nitrogens is 2. The van der Waals surface area contributed by atoms with E-state index in [1.54, 1.807) is 13.0 Å². The molecule has 0 saturated carbocycles. The van der Waals surface area contributed by atoms with Crippen LogP contribution in [0.1, 0.15) is 35.7 Å². The van der Waals surface area contributed by atoms with Gasteiger partial charge < -0.3 is 10.2 Å². The second kappa shape index (κ2) is 7.54. The zero-order chi connectivity index (χ0) is 15.9. The highest BCUT2D eigenvalue weighted by atomic mass is 16.1. The highest BCUT2D eigenvalue weighted by Crippen LogP contribution is 2.12.